The lowest BCUT2D eigenvalue weighted by molar-refractivity contribution is -0.155. The summed E-state index contributed by atoms with van der Waals surface area (Å²) in [5, 5.41) is 9.25. The molecule has 6 atom stereocenters. The van der Waals surface area contributed by atoms with E-state index in [9.17, 15) is 19.5 Å². The molecule has 2 amide bonds. The number of hydrogen-bond donors (Lipinski definition) is 1. The molecule has 0 saturated carbocycles. The molecule has 0 aliphatic carbocycles. The molecule has 0 radical (unpaired) electrons. The lowest BCUT2D eigenvalue weighted by atomic mass is 9.70. The zero-order valence-electron chi connectivity index (χ0n) is 23.1. The molecule has 2 bridgehead atoms. The van der Waals surface area contributed by atoms with Crippen LogP contribution in [0.5, 0.6) is 0 Å². The molecule has 8 nitrogen and oxygen atoms in total. The molecule has 0 aromatic heterocycles. The number of fused-ring (bicyclic) bond motifs is 1. The fourth-order valence-corrected chi connectivity index (χ4v) is 7.46. The van der Waals surface area contributed by atoms with Crippen molar-refractivity contribution in [1.29, 1.82) is 0 Å². The lowest BCUT2D eigenvalue weighted by Crippen LogP contribution is -2.56. The molecule has 3 heterocycles. The predicted octanol–water partition coefficient (Wildman–Crippen LogP) is 4.01. The number of hydrogen-bond acceptors (Lipinski definition) is 6. The highest BCUT2D eigenvalue weighted by molar-refractivity contribution is 9.09. The van der Waals surface area contributed by atoms with Crippen molar-refractivity contribution in [1.82, 2.24) is 9.80 Å². The van der Waals surface area contributed by atoms with Crippen molar-refractivity contribution in [2.24, 2.45) is 11.8 Å². The highest BCUT2D eigenvalue weighted by Crippen LogP contribution is 2.60. The van der Waals surface area contributed by atoms with Gasteiger partial charge in [0.1, 0.15) is 11.6 Å². The molecule has 3 unspecified atom stereocenters. The number of unbranched alkanes of at least 4 members (excludes halogenated alkanes) is 4. The molecule has 4 rings (SSSR count). The summed E-state index contributed by atoms with van der Waals surface area (Å²) in [6.07, 6.45) is 7.84. The van der Waals surface area contributed by atoms with Gasteiger partial charge in [0.05, 0.1) is 24.5 Å². The third-order valence-corrected chi connectivity index (χ3v) is 9.12. The Hall–Kier alpha value is -2.49. The molecule has 1 aromatic carbocycles. The summed E-state index contributed by atoms with van der Waals surface area (Å²) in [6, 6.07) is 8.85. The number of alkyl halides is 1. The van der Waals surface area contributed by atoms with Gasteiger partial charge in [-0.3, -0.25) is 14.4 Å². The van der Waals surface area contributed by atoms with Gasteiger partial charge in [-0.05, 0) is 50.5 Å². The van der Waals surface area contributed by atoms with E-state index in [1.165, 1.54) is 0 Å². The van der Waals surface area contributed by atoms with Crippen molar-refractivity contribution < 1.29 is 29.0 Å². The number of aliphatic hydroxyl groups is 1. The normalized spacial score (nSPS) is 28.4. The first-order valence-electron chi connectivity index (χ1n) is 14.3. The number of ether oxygens (including phenoxy) is 2. The maximum atomic E-state index is 14.4. The molecular formula is C31H41BrN2O6. The summed E-state index contributed by atoms with van der Waals surface area (Å²) in [5.74, 6) is -2.42. The average molecular weight is 618 g/mol. The number of amides is 2. The van der Waals surface area contributed by atoms with E-state index in [-0.39, 0.29) is 29.9 Å². The number of carbonyl (C=O) groups is 3. The van der Waals surface area contributed by atoms with Gasteiger partial charge in [0, 0.05) is 31.1 Å². The topological polar surface area (TPSA) is 96.4 Å². The van der Waals surface area contributed by atoms with Crippen LogP contribution in [0.25, 0.3) is 0 Å². The van der Waals surface area contributed by atoms with Gasteiger partial charge < -0.3 is 24.4 Å². The fourth-order valence-electron chi connectivity index (χ4n) is 6.51. The lowest BCUT2D eigenvalue weighted by Gasteiger charge is -2.37. The largest absolute Gasteiger partial charge is 0.465 e. The van der Waals surface area contributed by atoms with Crippen LogP contribution < -0.4 is 0 Å². The maximum Gasteiger partial charge on any atom is 0.312 e. The number of esters is 1. The first-order valence-corrected chi connectivity index (χ1v) is 15.3. The van der Waals surface area contributed by atoms with Gasteiger partial charge in [0.2, 0.25) is 11.8 Å². The summed E-state index contributed by atoms with van der Waals surface area (Å²) in [4.78, 5) is 45.1. The van der Waals surface area contributed by atoms with Gasteiger partial charge in [-0.15, -0.1) is 13.2 Å². The van der Waals surface area contributed by atoms with E-state index in [2.05, 4.69) is 29.1 Å². The van der Waals surface area contributed by atoms with Crippen molar-refractivity contribution >= 4 is 33.7 Å². The van der Waals surface area contributed by atoms with E-state index in [1.54, 1.807) is 15.9 Å². The monoisotopic (exact) mass is 616 g/mol. The fraction of sp³-hybridized carbons (Fsp3) is 0.581. The number of benzene rings is 1. The van der Waals surface area contributed by atoms with Crippen molar-refractivity contribution in [3.05, 3.63) is 61.2 Å². The number of nitrogens with zero attached hydrogens (tertiary/aromatic N) is 2. The number of halogens is 1. The molecule has 40 heavy (non-hydrogen) atoms. The van der Waals surface area contributed by atoms with E-state index in [0.29, 0.717) is 45.3 Å². The molecule has 1 aromatic rings. The quantitative estimate of drug-likeness (QED) is 0.130. The molecule has 3 aliphatic heterocycles. The smallest absolute Gasteiger partial charge is 0.312 e. The van der Waals surface area contributed by atoms with E-state index in [0.717, 1.165) is 24.8 Å². The molecule has 218 valence electrons. The number of likely N-dealkylation sites (tertiary alicyclic amines) is 1. The Bertz CT molecular complexity index is 1070. The molecule has 3 saturated heterocycles. The Morgan fingerprint density at radius 2 is 1.93 bits per heavy atom. The van der Waals surface area contributed by atoms with Crippen LogP contribution in [0.3, 0.4) is 0 Å². The molecule has 3 fully saturated rings. The van der Waals surface area contributed by atoms with Crippen LogP contribution in [-0.2, 0) is 30.4 Å². The van der Waals surface area contributed by atoms with Crippen molar-refractivity contribution in [2.45, 2.75) is 74.1 Å². The second kappa shape index (κ2) is 13.9. The summed E-state index contributed by atoms with van der Waals surface area (Å²) in [6.45, 7) is 8.96. The van der Waals surface area contributed by atoms with Crippen LogP contribution in [0, 0.1) is 11.8 Å². The molecule has 1 spiro atoms. The van der Waals surface area contributed by atoms with Crippen LogP contribution in [0.2, 0.25) is 0 Å². The number of allylic oxidation sites excluding steroid dienone is 1. The zero-order valence-corrected chi connectivity index (χ0v) is 24.7. The highest BCUT2D eigenvalue weighted by atomic mass is 79.9. The molecule has 3 aliphatic rings. The Kier molecular flexibility index (Phi) is 10.6. The summed E-state index contributed by atoms with van der Waals surface area (Å²) in [5.41, 5.74) is -0.148. The van der Waals surface area contributed by atoms with Gasteiger partial charge in [-0.2, -0.15) is 0 Å². The van der Waals surface area contributed by atoms with E-state index in [4.69, 9.17) is 9.47 Å². The SMILES string of the molecule is C=CCCCCOC(=O)[C@H]1[C@H]2C(=O)N(CCCCCO)C(C(=O)N(CC=C)Cc3ccccc3)C23CC(Br)[C@@H]1O3. The van der Waals surface area contributed by atoms with Gasteiger partial charge in [-0.25, -0.2) is 0 Å². The second-order valence-corrected chi connectivity index (χ2v) is 12.1. The predicted molar refractivity (Wildman–Crippen MR) is 155 cm³/mol. The average Bonchev–Trinajstić information content (AvgIpc) is 3.54. The first kappa shape index (κ1) is 30.5. The van der Waals surface area contributed by atoms with Crippen LogP contribution in [-0.4, -0.2) is 81.6 Å². The standard InChI is InChI=1S/C31H41BrN2O6/c1-3-5-6-13-19-39-30(38)24-25-28(36)34(17-11-8-12-18-35)27(31(25)20-23(32)26(24)40-31)29(37)33(16-4-2)21-22-14-9-7-10-15-22/h3-4,7,9-10,14-15,23-27,35H,1-2,5-6,8,11-13,16-21H2/t23?,24-,25-,26-,27?,31?/m0/s1. The first-order chi connectivity index (χ1) is 19.4. The number of carbonyl (C=O) groups excluding carboxylic acids is 3. The van der Waals surface area contributed by atoms with E-state index in [1.807, 2.05) is 36.4 Å². The minimum atomic E-state index is -1.12. The molecular weight excluding hydrogens is 576 g/mol. The van der Waals surface area contributed by atoms with E-state index >= 15 is 0 Å². The molecule has 9 heteroatoms. The van der Waals surface area contributed by atoms with Gasteiger partial charge in [-0.1, -0.05) is 58.4 Å². The Balaban J connectivity index is 1.63. The minimum absolute atomic E-state index is 0.0732. The Morgan fingerprint density at radius 1 is 1.15 bits per heavy atom. The summed E-state index contributed by atoms with van der Waals surface area (Å²) < 4.78 is 12.2. The molecule has 1 N–H and O–H groups in total. The summed E-state index contributed by atoms with van der Waals surface area (Å²) >= 11 is 3.71. The second-order valence-electron chi connectivity index (χ2n) is 10.9. The van der Waals surface area contributed by atoms with Crippen LogP contribution >= 0.6 is 15.9 Å². The summed E-state index contributed by atoms with van der Waals surface area (Å²) in [7, 11) is 0. The third kappa shape index (κ3) is 6.06. The van der Waals surface area contributed by atoms with E-state index < -0.39 is 35.6 Å². The van der Waals surface area contributed by atoms with Crippen molar-refractivity contribution in [2.75, 3.05) is 26.3 Å². The van der Waals surface area contributed by atoms with Gasteiger partial charge in [0.25, 0.3) is 0 Å². The van der Waals surface area contributed by atoms with Gasteiger partial charge in [0.15, 0.2) is 0 Å². The van der Waals surface area contributed by atoms with Crippen LogP contribution in [0.1, 0.15) is 50.5 Å². The minimum Gasteiger partial charge on any atom is -0.465 e. The van der Waals surface area contributed by atoms with Crippen molar-refractivity contribution in [3.63, 3.8) is 0 Å². The highest BCUT2D eigenvalue weighted by Gasteiger charge is 2.77. The Morgan fingerprint density at radius 3 is 2.62 bits per heavy atom. The van der Waals surface area contributed by atoms with Gasteiger partial charge >= 0.3 is 5.97 Å². The van der Waals surface area contributed by atoms with Crippen molar-refractivity contribution in [3.8, 4) is 0 Å². The van der Waals surface area contributed by atoms with Crippen LogP contribution in [0.15, 0.2) is 55.6 Å². The third-order valence-electron chi connectivity index (χ3n) is 8.28. The Labute approximate surface area is 245 Å². The zero-order chi connectivity index (χ0) is 28.7. The van der Waals surface area contributed by atoms with Crippen LogP contribution in [0.4, 0.5) is 0 Å². The maximum absolute atomic E-state index is 14.4. The number of aliphatic hydroxyl groups excluding tert-OH is 1. The number of rotatable bonds is 16.